The molecule has 0 fully saturated rings. The normalized spacial score (nSPS) is 11.8. The van der Waals surface area contributed by atoms with E-state index in [1.165, 1.54) is 0 Å². The number of ether oxygens (including phenoxy) is 1. The standard InChI is InChI=1S/C24H31BrN2O3/c1-5-22(24(29)26-14-17(2)3)27(15-19-8-6-7-18(4)13-19)23(28)16-30-21-11-9-20(25)10-12-21/h6-13,17,22H,5,14-16H2,1-4H3,(H,26,29)/t22-/m1/s1. The Bertz CT molecular complexity index is 837. The van der Waals surface area contributed by atoms with E-state index in [1.807, 2.05) is 64.1 Å². The zero-order valence-corrected chi connectivity index (χ0v) is 19.7. The van der Waals surface area contributed by atoms with Gasteiger partial charge in [-0.05, 0) is 49.1 Å². The highest BCUT2D eigenvalue weighted by Gasteiger charge is 2.29. The van der Waals surface area contributed by atoms with Gasteiger partial charge in [0.25, 0.3) is 5.91 Å². The summed E-state index contributed by atoms with van der Waals surface area (Å²) < 4.78 is 6.63. The van der Waals surface area contributed by atoms with Crippen molar-refractivity contribution in [2.24, 2.45) is 5.92 Å². The van der Waals surface area contributed by atoms with Crippen molar-refractivity contribution in [3.63, 3.8) is 0 Å². The highest BCUT2D eigenvalue weighted by Crippen LogP contribution is 2.18. The van der Waals surface area contributed by atoms with Crippen LogP contribution in [0.1, 0.15) is 38.3 Å². The number of aryl methyl sites for hydroxylation is 1. The number of hydrogen-bond acceptors (Lipinski definition) is 3. The maximum atomic E-state index is 13.1. The molecule has 2 rings (SSSR count). The topological polar surface area (TPSA) is 58.6 Å². The van der Waals surface area contributed by atoms with E-state index >= 15 is 0 Å². The average molecular weight is 475 g/mol. The molecule has 0 aliphatic rings. The second-order valence-corrected chi connectivity index (χ2v) is 8.73. The molecule has 162 valence electrons. The molecule has 0 radical (unpaired) electrons. The van der Waals surface area contributed by atoms with Gasteiger partial charge in [-0.1, -0.05) is 66.5 Å². The van der Waals surface area contributed by atoms with E-state index in [4.69, 9.17) is 4.74 Å². The number of carbonyl (C=O) groups is 2. The van der Waals surface area contributed by atoms with Crippen molar-refractivity contribution in [2.45, 2.75) is 46.7 Å². The number of rotatable bonds is 10. The van der Waals surface area contributed by atoms with Gasteiger partial charge in [-0.15, -0.1) is 0 Å². The first-order valence-electron chi connectivity index (χ1n) is 10.3. The van der Waals surface area contributed by atoms with Gasteiger partial charge in [0.15, 0.2) is 6.61 Å². The summed E-state index contributed by atoms with van der Waals surface area (Å²) in [5, 5.41) is 2.97. The van der Waals surface area contributed by atoms with Crippen LogP contribution in [0, 0.1) is 12.8 Å². The van der Waals surface area contributed by atoms with Crippen molar-refractivity contribution in [2.75, 3.05) is 13.2 Å². The third kappa shape index (κ3) is 7.48. The number of nitrogens with zero attached hydrogens (tertiary/aromatic N) is 1. The Morgan fingerprint density at radius 3 is 2.43 bits per heavy atom. The van der Waals surface area contributed by atoms with Gasteiger partial charge < -0.3 is 15.0 Å². The highest BCUT2D eigenvalue weighted by molar-refractivity contribution is 9.10. The molecule has 6 heteroatoms. The van der Waals surface area contributed by atoms with E-state index in [2.05, 4.69) is 21.2 Å². The van der Waals surface area contributed by atoms with Crippen LogP contribution in [0.4, 0.5) is 0 Å². The van der Waals surface area contributed by atoms with Crippen LogP contribution in [-0.4, -0.2) is 35.9 Å². The van der Waals surface area contributed by atoms with E-state index in [1.54, 1.807) is 17.0 Å². The van der Waals surface area contributed by atoms with E-state index in [0.717, 1.165) is 15.6 Å². The molecule has 2 aromatic carbocycles. The van der Waals surface area contributed by atoms with Gasteiger partial charge in [-0.25, -0.2) is 0 Å². The fourth-order valence-electron chi connectivity index (χ4n) is 3.11. The first-order chi connectivity index (χ1) is 14.3. The Hall–Kier alpha value is -2.34. The minimum atomic E-state index is -0.551. The summed E-state index contributed by atoms with van der Waals surface area (Å²) in [4.78, 5) is 27.6. The lowest BCUT2D eigenvalue weighted by molar-refractivity contribution is -0.143. The SMILES string of the molecule is CC[C@H](C(=O)NCC(C)C)N(Cc1cccc(C)c1)C(=O)COc1ccc(Br)cc1. The Morgan fingerprint density at radius 1 is 1.13 bits per heavy atom. The van der Waals surface area contributed by atoms with E-state index in [-0.39, 0.29) is 18.4 Å². The molecule has 0 aliphatic carbocycles. The molecule has 0 unspecified atom stereocenters. The number of carbonyl (C=O) groups excluding carboxylic acids is 2. The fourth-order valence-corrected chi connectivity index (χ4v) is 3.37. The van der Waals surface area contributed by atoms with E-state index in [9.17, 15) is 9.59 Å². The van der Waals surface area contributed by atoms with Gasteiger partial charge in [0.2, 0.25) is 5.91 Å². The molecule has 1 N–H and O–H groups in total. The molecule has 1 atom stereocenters. The van der Waals surface area contributed by atoms with Crippen molar-refractivity contribution < 1.29 is 14.3 Å². The van der Waals surface area contributed by atoms with Gasteiger partial charge in [0.05, 0.1) is 0 Å². The molecular formula is C24H31BrN2O3. The lowest BCUT2D eigenvalue weighted by Crippen LogP contribution is -2.50. The number of benzene rings is 2. The quantitative estimate of drug-likeness (QED) is 0.541. The summed E-state index contributed by atoms with van der Waals surface area (Å²) in [6.45, 7) is 8.84. The molecular weight excluding hydrogens is 444 g/mol. The third-order valence-electron chi connectivity index (χ3n) is 4.68. The van der Waals surface area contributed by atoms with Crippen LogP contribution in [0.2, 0.25) is 0 Å². The second kappa shape index (κ2) is 11.7. The zero-order valence-electron chi connectivity index (χ0n) is 18.2. The predicted molar refractivity (Wildman–Crippen MR) is 123 cm³/mol. The summed E-state index contributed by atoms with van der Waals surface area (Å²) in [6, 6.07) is 14.8. The summed E-state index contributed by atoms with van der Waals surface area (Å²) in [5.41, 5.74) is 2.10. The Balaban J connectivity index is 2.18. The number of nitrogens with one attached hydrogen (secondary N) is 1. The summed E-state index contributed by atoms with van der Waals surface area (Å²) in [7, 11) is 0. The lowest BCUT2D eigenvalue weighted by atomic mass is 10.1. The van der Waals surface area contributed by atoms with E-state index in [0.29, 0.717) is 31.2 Å². The Kier molecular flexibility index (Phi) is 9.37. The number of hydrogen-bond donors (Lipinski definition) is 1. The molecule has 5 nitrogen and oxygen atoms in total. The van der Waals surface area contributed by atoms with Crippen molar-refractivity contribution >= 4 is 27.7 Å². The van der Waals surface area contributed by atoms with Crippen LogP contribution in [-0.2, 0) is 16.1 Å². The minimum absolute atomic E-state index is 0.124. The van der Waals surface area contributed by atoms with Crippen LogP contribution in [0.5, 0.6) is 5.75 Å². The molecule has 2 aromatic rings. The van der Waals surface area contributed by atoms with Crippen molar-refractivity contribution in [3.05, 3.63) is 64.1 Å². The van der Waals surface area contributed by atoms with Crippen molar-refractivity contribution in [3.8, 4) is 5.75 Å². The zero-order chi connectivity index (χ0) is 22.1. The minimum Gasteiger partial charge on any atom is -0.484 e. The number of halogens is 1. The van der Waals surface area contributed by atoms with Crippen LogP contribution in [0.3, 0.4) is 0 Å². The first kappa shape index (κ1) is 23.9. The molecule has 0 bridgehead atoms. The monoisotopic (exact) mass is 474 g/mol. The van der Waals surface area contributed by atoms with Crippen molar-refractivity contribution in [1.82, 2.24) is 10.2 Å². The molecule has 0 spiro atoms. The summed E-state index contributed by atoms with van der Waals surface area (Å²) >= 11 is 3.39. The van der Waals surface area contributed by atoms with Gasteiger partial charge in [0, 0.05) is 17.6 Å². The maximum Gasteiger partial charge on any atom is 0.261 e. The van der Waals surface area contributed by atoms with Gasteiger partial charge in [0.1, 0.15) is 11.8 Å². The Morgan fingerprint density at radius 2 is 1.83 bits per heavy atom. The first-order valence-corrected chi connectivity index (χ1v) is 11.1. The third-order valence-corrected chi connectivity index (χ3v) is 5.21. The highest BCUT2D eigenvalue weighted by atomic mass is 79.9. The fraction of sp³-hybridized carbons (Fsp3) is 0.417. The molecule has 0 aromatic heterocycles. The number of amides is 2. The van der Waals surface area contributed by atoms with Crippen LogP contribution < -0.4 is 10.1 Å². The lowest BCUT2D eigenvalue weighted by Gasteiger charge is -2.31. The predicted octanol–water partition coefficient (Wildman–Crippen LogP) is 4.72. The van der Waals surface area contributed by atoms with Crippen LogP contribution in [0.25, 0.3) is 0 Å². The van der Waals surface area contributed by atoms with E-state index < -0.39 is 6.04 Å². The Labute approximate surface area is 187 Å². The second-order valence-electron chi connectivity index (χ2n) is 7.82. The smallest absolute Gasteiger partial charge is 0.261 e. The molecule has 0 saturated heterocycles. The summed E-state index contributed by atoms with van der Waals surface area (Å²) in [6.07, 6.45) is 0.528. The maximum absolute atomic E-state index is 13.1. The van der Waals surface area contributed by atoms with Crippen LogP contribution in [0.15, 0.2) is 53.0 Å². The summed E-state index contributed by atoms with van der Waals surface area (Å²) in [5.74, 6) is 0.606. The molecule has 30 heavy (non-hydrogen) atoms. The van der Waals surface area contributed by atoms with Crippen molar-refractivity contribution in [1.29, 1.82) is 0 Å². The average Bonchev–Trinajstić information content (AvgIpc) is 2.71. The molecule has 0 saturated carbocycles. The molecule has 0 heterocycles. The van der Waals surface area contributed by atoms with Crippen LogP contribution >= 0.6 is 15.9 Å². The van der Waals surface area contributed by atoms with Gasteiger partial charge in [-0.3, -0.25) is 9.59 Å². The van der Waals surface area contributed by atoms with Gasteiger partial charge in [-0.2, -0.15) is 0 Å². The molecule has 2 amide bonds. The molecule has 0 aliphatic heterocycles. The largest absolute Gasteiger partial charge is 0.484 e. The van der Waals surface area contributed by atoms with Gasteiger partial charge >= 0.3 is 0 Å².